The van der Waals surface area contributed by atoms with Gasteiger partial charge in [-0.05, 0) is 30.3 Å². The number of carbonyl (C=O) groups is 2. The molecule has 1 N–H and O–H groups in total. The predicted octanol–water partition coefficient (Wildman–Crippen LogP) is 3.24. The molecule has 1 fully saturated rings. The summed E-state index contributed by atoms with van der Waals surface area (Å²) in [5.41, 5.74) is -0.941. The maximum Gasteiger partial charge on any atom is 0.418 e. The number of piperazine rings is 1. The summed E-state index contributed by atoms with van der Waals surface area (Å²) in [6.45, 7) is 1.35. The quantitative estimate of drug-likeness (QED) is 0.789. The molecule has 9 heteroatoms. The van der Waals surface area contributed by atoms with Crippen LogP contribution in [0.5, 0.6) is 0 Å². The van der Waals surface area contributed by atoms with Gasteiger partial charge in [0.1, 0.15) is 5.82 Å². The van der Waals surface area contributed by atoms with E-state index in [9.17, 15) is 27.2 Å². The molecule has 0 aromatic heterocycles. The summed E-state index contributed by atoms with van der Waals surface area (Å²) in [5.74, 6) is -1.36. The number of nitrogens with zero attached hydrogens (tertiary/aromatic N) is 2. The molecule has 0 spiro atoms. The Morgan fingerprint density at radius 3 is 2.31 bits per heavy atom. The van der Waals surface area contributed by atoms with Gasteiger partial charge in [-0.3, -0.25) is 14.5 Å². The van der Waals surface area contributed by atoms with E-state index in [1.807, 2.05) is 0 Å². The Hall–Kier alpha value is -2.94. The summed E-state index contributed by atoms with van der Waals surface area (Å²) >= 11 is 0. The van der Waals surface area contributed by atoms with Crippen molar-refractivity contribution in [3.05, 3.63) is 65.5 Å². The van der Waals surface area contributed by atoms with E-state index in [4.69, 9.17) is 0 Å². The molecule has 0 aliphatic carbocycles. The van der Waals surface area contributed by atoms with Crippen LogP contribution >= 0.6 is 0 Å². The van der Waals surface area contributed by atoms with Crippen molar-refractivity contribution >= 4 is 17.5 Å². The summed E-state index contributed by atoms with van der Waals surface area (Å²) in [6.07, 6.45) is -4.56. The van der Waals surface area contributed by atoms with Gasteiger partial charge in [-0.1, -0.05) is 18.2 Å². The van der Waals surface area contributed by atoms with E-state index < -0.39 is 23.5 Å². The van der Waals surface area contributed by atoms with Gasteiger partial charge >= 0.3 is 6.18 Å². The molecule has 1 saturated heterocycles. The number of hydrogen-bond donors (Lipinski definition) is 1. The molecule has 0 saturated carbocycles. The first kappa shape index (κ1) is 20.8. The third kappa shape index (κ3) is 5.32. The Morgan fingerprint density at radius 1 is 0.966 bits per heavy atom. The molecule has 1 aliphatic rings. The van der Waals surface area contributed by atoms with Crippen LogP contribution < -0.4 is 5.32 Å². The Bertz CT molecular complexity index is 893. The number of amides is 2. The normalized spacial score (nSPS) is 15.2. The van der Waals surface area contributed by atoms with Crippen molar-refractivity contribution < 1.29 is 27.2 Å². The SMILES string of the molecule is O=C(CN1CCN(C(=O)c2cccc(F)c2)CC1)Nc1ccccc1C(F)(F)F. The monoisotopic (exact) mass is 409 g/mol. The Kier molecular flexibility index (Phi) is 6.17. The minimum atomic E-state index is -4.56. The van der Waals surface area contributed by atoms with Gasteiger partial charge in [0.25, 0.3) is 5.91 Å². The number of anilines is 1. The van der Waals surface area contributed by atoms with E-state index in [2.05, 4.69) is 5.32 Å². The number of benzene rings is 2. The Morgan fingerprint density at radius 2 is 1.66 bits per heavy atom. The molecule has 0 unspecified atom stereocenters. The summed E-state index contributed by atoms with van der Waals surface area (Å²) in [6, 6.07) is 10.2. The van der Waals surface area contributed by atoms with E-state index in [0.29, 0.717) is 26.2 Å². The lowest BCUT2D eigenvalue weighted by Gasteiger charge is -2.34. The largest absolute Gasteiger partial charge is 0.418 e. The van der Waals surface area contributed by atoms with E-state index in [1.165, 1.54) is 42.5 Å². The number of hydrogen-bond acceptors (Lipinski definition) is 3. The Balaban J connectivity index is 1.54. The molecule has 1 heterocycles. The predicted molar refractivity (Wildman–Crippen MR) is 98.8 cm³/mol. The molecule has 154 valence electrons. The molecule has 1 aliphatic heterocycles. The second-order valence-corrected chi connectivity index (χ2v) is 6.67. The van der Waals surface area contributed by atoms with Crippen molar-refractivity contribution in [1.82, 2.24) is 9.80 Å². The zero-order valence-corrected chi connectivity index (χ0v) is 15.4. The number of para-hydroxylation sites is 1. The molecule has 0 atom stereocenters. The van der Waals surface area contributed by atoms with Gasteiger partial charge in [-0.25, -0.2) is 4.39 Å². The van der Waals surface area contributed by atoms with Crippen molar-refractivity contribution in [2.24, 2.45) is 0 Å². The molecule has 2 aromatic carbocycles. The van der Waals surface area contributed by atoms with Crippen LogP contribution in [0.1, 0.15) is 15.9 Å². The third-order valence-electron chi connectivity index (χ3n) is 4.60. The molecular weight excluding hydrogens is 390 g/mol. The average Bonchev–Trinajstić information content (AvgIpc) is 2.67. The van der Waals surface area contributed by atoms with Crippen LogP contribution in [-0.2, 0) is 11.0 Å². The summed E-state index contributed by atoms with van der Waals surface area (Å²) in [5, 5.41) is 2.31. The summed E-state index contributed by atoms with van der Waals surface area (Å²) in [7, 11) is 0. The van der Waals surface area contributed by atoms with Crippen LogP contribution in [0.15, 0.2) is 48.5 Å². The summed E-state index contributed by atoms with van der Waals surface area (Å²) in [4.78, 5) is 27.9. The first-order valence-corrected chi connectivity index (χ1v) is 8.97. The topological polar surface area (TPSA) is 52.7 Å². The van der Waals surface area contributed by atoms with Gasteiger partial charge in [0.2, 0.25) is 5.91 Å². The highest BCUT2D eigenvalue weighted by Gasteiger charge is 2.33. The second kappa shape index (κ2) is 8.60. The minimum Gasteiger partial charge on any atom is -0.336 e. The number of halogens is 4. The first-order chi connectivity index (χ1) is 13.7. The highest BCUT2D eigenvalue weighted by atomic mass is 19.4. The molecule has 2 aromatic rings. The van der Waals surface area contributed by atoms with Crippen molar-refractivity contribution in [3.8, 4) is 0 Å². The number of carbonyl (C=O) groups excluding carboxylic acids is 2. The summed E-state index contributed by atoms with van der Waals surface area (Å²) < 4.78 is 52.3. The van der Waals surface area contributed by atoms with E-state index in [-0.39, 0.29) is 23.7 Å². The minimum absolute atomic E-state index is 0.0891. The lowest BCUT2D eigenvalue weighted by molar-refractivity contribution is -0.137. The van der Waals surface area contributed by atoms with Gasteiger partial charge in [0, 0.05) is 31.7 Å². The maximum absolute atomic E-state index is 13.3. The van der Waals surface area contributed by atoms with Crippen LogP contribution in [0.2, 0.25) is 0 Å². The molecule has 0 bridgehead atoms. The molecule has 2 amide bonds. The molecular formula is C20H19F4N3O2. The number of rotatable bonds is 4. The zero-order chi connectivity index (χ0) is 21.0. The smallest absolute Gasteiger partial charge is 0.336 e. The van der Waals surface area contributed by atoms with Gasteiger partial charge in [0.15, 0.2) is 0 Å². The third-order valence-corrected chi connectivity index (χ3v) is 4.60. The lowest BCUT2D eigenvalue weighted by atomic mass is 10.1. The highest BCUT2D eigenvalue weighted by Crippen LogP contribution is 2.34. The van der Waals surface area contributed by atoms with E-state index >= 15 is 0 Å². The van der Waals surface area contributed by atoms with Crippen LogP contribution in [0.25, 0.3) is 0 Å². The average molecular weight is 409 g/mol. The van der Waals surface area contributed by atoms with Crippen molar-refractivity contribution in [2.75, 3.05) is 38.0 Å². The first-order valence-electron chi connectivity index (χ1n) is 8.97. The maximum atomic E-state index is 13.3. The fraction of sp³-hybridized carbons (Fsp3) is 0.300. The van der Waals surface area contributed by atoms with Gasteiger partial charge in [-0.15, -0.1) is 0 Å². The zero-order valence-electron chi connectivity index (χ0n) is 15.4. The van der Waals surface area contributed by atoms with Gasteiger partial charge in [0.05, 0.1) is 17.8 Å². The van der Waals surface area contributed by atoms with E-state index in [1.54, 1.807) is 9.80 Å². The van der Waals surface area contributed by atoms with Crippen LogP contribution in [0.4, 0.5) is 23.2 Å². The van der Waals surface area contributed by atoms with Gasteiger partial charge < -0.3 is 10.2 Å². The second-order valence-electron chi connectivity index (χ2n) is 6.67. The molecule has 29 heavy (non-hydrogen) atoms. The lowest BCUT2D eigenvalue weighted by Crippen LogP contribution is -2.50. The van der Waals surface area contributed by atoms with Crippen LogP contribution in [0, 0.1) is 5.82 Å². The van der Waals surface area contributed by atoms with Crippen molar-refractivity contribution in [3.63, 3.8) is 0 Å². The van der Waals surface area contributed by atoms with Crippen LogP contribution in [-0.4, -0.2) is 54.3 Å². The molecule has 5 nitrogen and oxygen atoms in total. The number of alkyl halides is 3. The fourth-order valence-electron chi connectivity index (χ4n) is 3.15. The van der Waals surface area contributed by atoms with Crippen molar-refractivity contribution in [1.29, 1.82) is 0 Å². The van der Waals surface area contributed by atoms with Crippen molar-refractivity contribution in [2.45, 2.75) is 6.18 Å². The Labute approximate surface area is 164 Å². The highest BCUT2D eigenvalue weighted by molar-refractivity contribution is 5.94. The number of nitrogens with one attached hydrogen (secondary N) is 1. The molecule has 3 rings (SSSR count). The van der Waals surface area contributed by atoms with E-state index in [0.717, 1.165) is 6.07 Å². The standard InChI is InChI=1S/C20H19F4N3O2/c21-15-5-3-4-14(12-15)19(29)27-10-8-26(9-11-27)13-18(28)25-17-7-2-1-6-16(17)20(22,23)24/h1-7,12H,8-11,13H2,(H,25,28). The molecule has 0 radical (unpaired) electrons. The fourth-order valence-corrected chi connectivity index (χ4v) is 3.15. The van der Waals surface area contributed by atoms with Gasteiger partial charge in [-0.2, -0.15) is 13.2 Å². The van der Waals surface area contributed by atoms with Crippen LogP contribution in [0.3, 0.4) is 0 Å².